The van der Waals surface area contributed by atoms with E-state index in [9.17, 15) is 13.5 Å². The molecule has 1 aromatic heterocycles. The van der Waals surface area contributed by atoms with E-state index in [1.54, 1.807) is 12.1 Å². The Kier molecular flexibility index (Phi) is 5.36. The number of hydrogen-bond acceptors (Lipinski definition) is 8. The Morgan fingerprint density at radius 3 is 2.48 bits per heavy atom. The largest absolute Gasteiger partial charge is 0.504 e. The summed E-state index contributed by atoms with van der Waals surface area (Å²) < 4.78 is 31.8. The first kappa shape index (κ1) is 19.2. The van der Waals surface area contributed by atoms with Crippen LogP contribution in [0.1, 0.15) is 18.4 Å². The molecule has 1 saturated heterocycles. The van der Waals surface area contributed by atoms with E-state index in [-0.39, 0.29) is 22.2 Å². The molecule has 0 radical (unpaired) electrons. The van der Waals surface area contributed by atoms with Crippen molar-refractivity contribution in [2.45, 2.75) is 24.3 Å². The van der Waals surface area contributed by atoms with Gasteiger partial charge in [-0.25, -0.2) is 13.0 Å². The summed E-state index contributed by atoms with van der Waals surface area (Å²) in [6, 6.07) is 14.2. The summed E-state index contributed by atoms with van der Waals surface area (Å²) in [5.41, 5.74) is 1.24. The van der Waals surface area contributed by atoms with E-state index >= 15 is 0 Å². The van der Waals surface area contributed by atoms with Gasteiger partial charge in [-0.2, -0.15) is 4.31 Å². The van der Waals surface area contributed by atoms with Crippen LogP contribution in [-0.2, 0) is 16.6 Å². The molecule has 1 fully saturated rings. The number of aromatic nitrogens is 2. The molecular formula is C19H21N5O4S. The molecule has 0 amide bonds. The first-order valence-electron chi connectivity index (χ1n) is 9.25. The highest BCUT2D eigenvalue weighted by molar-refractivity contribution is 7.89. The number of nitrogens with zero attached hydrogens (tertiary/aromatic N) is 3. The fraction of sp³-hybridized carbons (Fsp3) is 0.263. The number of sulfonamides is 1. The van der Waals surface area contributed by atoms with Crippen molar-refractivity contribution in [3.8, 4) is 5.75 Å². The minimum absolute atomic E-state index is 0.139. The van der Waals surface area contributed by atoms with E-state index in [0.717, 1.165) is 18.4 Å². The van der Waals surface area contributed by atoms with Crippen LogP contribution in [0, 0.1) is 0 Å². The highest BCUT2D eigenvalue weighted by Crippen LogP contribution is 2.36. The number of hydrogen-bond donors (Lipinski definition) is 3. The maximum atomic E-state index is 12.8. The normalized spacial score (nSPS) is 14.8. The molecule has 2 heterocycles. The summed E-state index contributed by atoms with van der Waals surface area (Å²) in [4.78, 5) is -0.139. The van der Waals surface area contributed by atoms with Gasteiger partial charge in [0, 0.05) is 19.6 Å². The van der Waals surface area contributed by atoms with Crippen LogP contribution in [-0.4, -0.2) is 41.2 Å². The Morgan fingerprint density at radius 1 is 1.00 bits per heavy atom. The van der Waals surface area contributed by atoms with Gasteiger partial charge in [-0.1, -0.05) is 36.4 Å². The number of benzene rings is 2. The smallest absolute Gasteiger partial charge is 0.246 e. The monoisotopic (exact) mass is 415 g/mol. The number of aromatic hydroxyl groups is 1. The van der Waals surface area contributed by atoms with Crippen LogP contribution in [0.5, 0.6) is 5.75 Å². The van der Waals surface area contributed by atoms with E-state index in [2.05, 4.69) is 20.9 Å². The molecule has 1 aliphatic heterocycles. The van der Waals surface area contributed by atoms with E-state index in [4.69, 9.17) is 4.63 Å². The molecule has 0 aliphatic carbocycles. The predicted octanol–water partition coefficient (Wildman–Crippen LogP) is 2.92. The average molecular weight is 415 g/mol. The number of para-hydroxylation sites is 1. The standard InChI is InChI=1S/C19H21N5O4S/c25-17-15(9-6-10-16(17)29(26,27)24-11-4-5-12-24)21-19-18(22-28-23-19)20-13-14-7-2-1-3-8-14/h1-3,6-10,25H,4-5,11-13H2,(H,20,22)(H,21,23). The Morgan fingerprint density at radius 2 is 1.72 bits per heavy atom. The Bertz CT molecular complexity index is 1080. The van der Waals surface area contributed by atoms with Crippen molar-refractivity contribution in [2.75, 3.05) is 23.7 Å². The fourth-order valence-corrected chi connectivity index (χ4v) is 4.82. The Hall–Kier alpha value is -3.11. The predicted molar refractivity (Wildman–Crippen MR) is 107 cm³/mol. The molecule has 1 aliphatic rings. The summed E-state index contributed by atoms with van der Waals surface area (Å²) >= 11 is 0. The number of anilines is 3. The lowest BCUT2D eigenvalue weighted by Gasteiger charge is -2.17. The molecule has 0 saturated carbocycles. The van der Waals surface area contributed by atoms with Gasteiger partial charge in [0.25, 0.3) is 0 Å². The van der Waals surface area contributed by atoms with Gasteiger partial charge in [0.15, 0.2) is 5.75 Å². The summed E-state index contributed by atoms with van der Waals surface area (Å²) in [6.07, 6.45) is 1.64. The molecule has 3 N–H and O–H groups in total. The van der Waals surface area contributed by atoms with E-state index < -0.39 is 10.0 Å². The number of phenols is 1. The number of rotatable bonds is 7. The van der Waals surface area contributed by atoms with E-state index in [1.165, 1.54) is 10.4 Å². The van der Waals surface area contributed by atoms with Gasteiger partial charge in [0.1, 0.15) is 4.90 Å². The minimum atomic E-state index is -3.76. The molecule has 0 unspecified atom stereocenters. The minimum Gasteiger partial charge on any atom is -0.504 e. The molecule has 2 aromatic carbocycles. The molecule has 0 spiro atoms. The zero-order valence-corrected chi connectivity index (χ0v) is 16.4. The van der Waals surface area contributed by atoms with Crippen LogP contribution in [0.25, 0.3) is 0 Å². The summed E-state index contributed by atoms with van der Waals surface area (Å²) in [5, 5.41) is 24.2. The molecule has 152 valence electrons. The Labute approximate surface area is 168 Å². The van der Waals surface area contributed by atoms with Gasteiger partial charge in [-0.15, -0.1) is 0 Å². The highest BCUT2D eigenvalue weighted by Gasteiger charge is 2.30. The number of phenolic OH excluding ortho intramolecular Hbond substituents is 1. The van der Waals surface area contributed by atoms with Crippen molar-refractivity contribution in [1.82, 2.24) is 14.6 Å². The van der Waals surface area contributed by atoms with Crippen molar-refractivity contribution >= 4 is 27.3 Å². The molecule has 9 nitrogen and oxygen atoms in total. The van der Waals surface area contributed by atoms with Gasteiger partial charge in [0.2, 0.25) is 21.7 Å². The van der Waals surface area contributed by atoms with Gasteiger partial charge in [0.05, 0.1) is 5.69 Å². The third-order valence-corrected chi connectivity index (χ3v) is 6.66. The lowest BCUT2D eigenvalue weighted by molar-refractivity contribution is 0.310. The van der Waals surface area contributed by atoms with Crippen LogP contribution >= 0.6 is 0 Å². The maximum absolute atomic E-state index is 12.8. The summed E-state index contributed by atoms with van der Waals surface area (Å²) in [7, 11) is -3.76. The zero-order chi connectivity index (χ0) is 20.3. The second kappa shape index (κ2) is 8.10. The molecule has 3 aromatic rings. The molecule has 0 atom stereocenters. The lowest BCUT2D eigenvalue weighted by atomic mass is 10.2. The SMILES string of the molecule is O=S(=O)(c1cccc(Nc2nonc2NCc2ccccc2)c1O)N1CCCC1. The molecule has 0 bridgehead atoms. The first-order chi connectivity index (χ1) is 14.1. The third kappa shape index (κ3) is 4.03. The van der Waals surface area contributed by atoms with Crippen molar-refractivity contribution < 1.29 is 18.2 Å². The number of nitrogens with one attached hydrogen (secondary N) is 2. The van der Waals surface area contributed by atoms with Crippen molar-refractivity contribution in [2.24, 2.45) is 0 Å². The van der Waals surface area contributed by atoms with Crippen LogP contribution in [0.3, 0.4) is 0 Å². The molecular weight excluding hydrogens is 394 g/mol. The molecule has 10 heteroatoms. The fourth-order valence-electron chi connectivity index (χ4n) is 3.19. The van der Waals surface area contributed by atoms with Crippen LogP contribution in [0.4, 0.5) is 17.3 Å². The third-order valence-electron chi connectivity index (χ3n) is 4.73. The second-order valence-corrected chi connectivity index (χ2v) is 8.60. The topological polar surface area (TPSA) is 121 Å². The van der Waals surface area contributed by atoms with Crippen molar-refractivity contribution in [3.05, 3.63) is 54.1 Å². The van der Waals surface area contributed by atoms with E-state index in [0.29, 0.717) is 25.5 Å². The average Bonchev–Trinajstić information content (AvgIpc) is 3.41. The van der Waals surface area contributed by atoms with Crippen molar-refractivity contribution in [3.63, 3.8) is 0 Å². The van der Waals surface area contributed by atoms with E-state index in [1.807, 2.05) is 30.3 Å². The van der Waals surface area contributed by atoms with Gasteiger partial charge in [-0.3, -0.25) is 0 Å². The maximum Gasteiger partial charge on any atom is 0.246 e. The molecule has 4 rings (SSSR count). The lowest BCUT2D eigenvalue weighted by Crippen LogP contribution is -2.28. The second-order valence-electron chi connectivity index (χ2n) is 6.69. The van der Waals surface area contributed by atoms with Crippen LogP contribution < -0.4 is 10.6 Å². The zero-order valence-electron chi connectivity index (χ0n) is 15.6. The summed E-state index contributed by atoms with van der Waals surface area (Å²) in [6.45, 7) is 1.42. The van der Waals surface area contributed by atoms with Gasteiger partial charge < -0.3 is 15.7 Å². The molecule has 29 heavy (non-hydrogen) atoms. The van der Waals surface area contributed by atoms with Crippen LogP contribution in [0.15, 0.2) is 58.1 Å². The first-order valence-corrected chi connectivity index (χ1v) is 10.7. The van der Waals surface area contributed by atoms with Gasteiger partial charge >= 0.3 is 0 Å². The van der Waals surface area contributed by atoms with Gasteiger partial charge in [-0.05, 0) is 40.9 Å². The summed E-state index contributed by atoms with van der Waals surface area (Å²) in [5.74, 6) is 0.226. The Balaban J connectivity index is 1.54. The highest BCUT2D eigenvalue weighted by atomic mass is 32.2. The quantitative estimate of drug-likeness (QED) is 0.504. The van der Waals surface area contributed by atoms with Crippen molar-refractivity contribution in [1.29, 1.82) is 0 Å². The van der Waals surface area contributed by atoms with Crippen LogP contribution in [0.2, 0.25) is 0 Å².